The van der Waals surface area contributed by atoms with Gasteiger partial charge in [-0.25, -0.2) is 0 Å². The lowest BCUT2D eigenvalue weighted by molar-refractivity contribution is -0.116. The fourth-order valence-corrected chi connectivity index (χ4v) is 1.73. The average Bonchev–Trinajstić information content (AvgIpc) is 2.76. The second kappa shape index (κ2) is 5.62. The number of nitrogen functional groups attached to an aromatic ring is 1. The highest BCUT2D eigenvalue weighted by Gasteiger charge is 2.09. The van der Waals surface area contributed by atoms with Gasteiger partial charge >= 0.3 is 0 Å². The second-order valence-corrected chi connectivity index (χ2v) is 4.30. The van der Waals surface area contributed by atoms with E-state index in [0.717, 1.165) is 0 Å². The van der Waals surface area contributed by atoms with Crippen LogP contribution in [0.4, 0.5) is 11.4 Å². The SMILES string of the molecule is COc1cc(N)ccc1NC(=O)Cn1cc(Cl)cn1. The normalized spacial score (nSPS) is 10.2. The Hall–Kier alpha value is -2.21. The molecule has 0 bridgehead atoms. The maximum atomic E-state index is 11.8. The van der Waals surface area contributed by atoms with Gasteiger partial charge in [-0.05, 0) is 12.1 Å². The van der Waals surface area contributed by atoms with E-state index in [1.165, 1.54) is 18.0 Å². The van der Waals surface area contributed by atoms with E-state index in [9.17, 15) is 4.79 Å². The van der Waals surface area contributed by atoms with Gasteiger partial charge in [0.25, 0.3) is 0 Å². The van der Waals surface area contributed by atoms with E-state index in [4.69, 9.17) is 22.1 Å². The minimum absolute atomic E-state index is 0.0697. The Morgan fingerprint density at radius 3 is 3.00 bits per heavy atom. The van der Waals surface area contributed by atoms with Crippen LogP contribution >= 0.6 is 11.6 Å². The zero-order chi connectivity index (χ0) is 13.8. The molecule has 2 aromatic rings. The number of anilines is 2. The standard InChI is InChI=1S/C12H13ClN4O2/c1-19-11-4-9(14)2-3-10(11)16-12(18)7-17-6-8(13)5-15-17/h2-6H,7,14H2,1H3,(H,16,18). The van der Waals surface area contributed by atoms with Crippen LogP contribution in [-0.4, -0.2) is 22.8 Å². The molecule has 2 rings (SSSR count). The second-order valence-electron chi connectivity index (χ2n) is 3.86. The van der Waals surface area contributed by atoms with Crippen molar-refractivity contribution >= 4 is 28.9 Å². The summed E-state index contributed by atoms with van der Waals surface area (Å²) in [5.74, 6) is 0.273. The molecule has 0 radical (unpaired) electrons. The van der Waals surface area contributed by atoms with Crippen molar-refractivity contribution in [2.24, 2.45) is 0 Å². The molecule has 0 saturated heterocycles. The predicted octanol–water partition coefficient (Wildman–Crippen LogP) is 1.77. The fourth-order valence-electron chi connectivity index (χ4n) is 1.57. The summed E-state index contributed by atoms with van der Waals surface area (Å²) in [6.45, 7) is 0.0697. The van der Waals surface area contributed by atoms with Crippen LogP contribution in [0.2, 0.25) is 5.02 Å². The number of methoxy groups -OCH3 is 1. The van der Waals surface area contributed by atoms with Crippen LogP contribution in [0.1, 0.15) is 0 Å². The molecule has 0 aliphatic rings. The summed E-state index contributed by atoms with van der Waals surface area (Å²) in [5.41, 5.74) is 6.76. The number of hydrogen-bond donors (Lipinski definition) is 2. The van der Waals surface area contributed by atoms with E-state index in [2.05, 4.69) is 10.4 Å². The topological polar surface area (TPSA) is 82.2 Å². The summed E-state index contributed by atoms with van der Waals surface area (Å²) in [4.78, 5) is 11.8. The first-order valence-corrected chi connectivity index (χ1v) is 5.87. The maximum absolute atomic E-state index is 11.8. The summed E-state index contributed by atoms with van der Waals surface area (Å²) in [7, 11) is 1.51. The summed E-state index contributed by atoms with van der Waals surface area (Å²) in [5, 5.41) is 7.13. The van der Waals surface area contributed by atoms with E-state index in [0.29, 0.717) is 22.1 Å². The fraction of sp³-hybridized carbons (Fsp3) is 0.167. The van der Waals surface area contributed by atoms with E-state index in [1.54, 1.807) is 24.4 Å². The van der Waals surface area contributed by atoms with Gasteiger partial charge in [-0.15, -0.1) is 0 Å². The summed E-state index contributed by atoms with van der Waals surface area (Å²) in [6.07, 6.45) is 3.04. The molecular formula is C12H13ClN4O2. The van der Waals surface area contributed by atoms with Crippen LogP contribution in [0.5, 0.6) is 5.75 Å². The van der Waals surface area contributed by atoms with Crippen LogP contribution in [0.3, 0.4) is 0 Å². The average molecular weight is 281 g/mol. The number of nitrogens with one attached hydrogen (secondary N) is 1. The molecule has 0 saturated carbocycles. The molecule has 6 nitrogen and oxygen atoms in total. The Bertz CT molecular complexity index is 597. The van der Waals surface area contributed by atoms with Gasteiger partial charge in [0.1, 0.15) is 12.3 Å². The molecule has 0 aliphatic heterocycles. The Kier molecular flexibility index (Phi) is 3.91. The van der Waals surface area contributed by atoms with Crippen LogP contribution in [0.15, 0.2) is 30.6 Å². The monoisotopic (exact) mass is 280 g/mol. The molecule has 1 amide bonds. The van der Waals surface area contributed by atoms with Gasteiger partial charge in [0.05, 0.1) is 24.0 Å². The summed E-state index contributed by atoms with van der Waals surface area (Å²) in [6, 6.07) is 5.01. The van der Waals surface area contributed by atoms with Crippen molar-refractivity contribution in [1.29, 1.82) is 0 Å². The van der Waals surface area contributed by atoms with E-state index < -0.39 is 0 Å². The Morgan fingerprint density at radius 2 is 2.37 bits per heavy atom. The number of hydrogen-bond acceptors (Lipinski definition) is 4. The molecule has 0 fully saturated rings. The minimum Gasteiger partial charge on any atom is -0.494 e. The van der Waals surface area contributed by atoms with Gasteiger partial charge < -0.3 is 15.8 Å². The van der Waals surface area contributed by atoms with Gasteiger partial charge in [0.15, 0.2) is 0 Å². The Labute approximate surface area is 115 Å². The maximum Gasteiger partial charge on any atom is 0.246 e. The smallest absolute Gasteiger partial charge is 0.246 e. The van der Waals surface area contributed by atoms with Crippen molar-refractivity contribution in [3.63, 3.8) is 0 Å². The number of halogens is 1. The van der Waals surface area contributed by atoms with Gasteiger partial charge in [-0.2, -0.15) is 5.10 Å². The van der Waals surface area contributed by atoms with Crippen LogP contribution in [-0.2, 0) is 11.3 Å². The number of benzene rings is 1. The quantitative estimate of drug-likeness (QED) is 0.836. The van der Waals surface area contributed by atoms with Crippen LogP contribution in [0.25, 0.3) is 0 Å². The van der Waals surface area contributed by atoms with E-state index in [1.807, 2.05) is 0 Å². The predicted molar refractivity (Wildman–Crippen MR) is 73.3 cm³/mol. The largest absolute Gasteiger partial charge is 0.494 e. The molecule has 3 N–H and O–H groups in total. The molecule has 1 heterocycles. The zero-order valence-electron chi connectivity index (χ0n) is 10.3. The highest BCUT2D eigenvalue weighted by atomic mass is 35.5. The van der Waals surface area contributed by atoms with Crippen molar-refractivity contribution in [3.8, 4) is 5.75 Å². The van der Waals surface area contributed by atoms with Crippen molar-refractivity contribution in [1.82, 2.24) is 9.78 Å². The van der Waals surface area contributed by atoms with Crippen molar-refractivity contribution < 1.29 is 9.53 Å². The number of carbonyl (C=O) groups is 1. The lowest BCUT2D eigenvalue weighted by atomic mass is 10.2. The first-order chi connectivity index (χ1) is 9.08. The van der Waals surface area contributed by atoms with Crippen LogP contribution < -0.4 is 15.8 Å². The Balaban J connectivity index is 2.06. The molecule has 100 valence electrons. The molecule has 19 heavy (non-hydrogen) atoms. The van der Waals surface area contributed by atoms with Crippen molar-refractivity contribution in [3.05, 3.63) is 35.6 Å². The third-order valence-electron chi connectivity index (χ3n) is 2.41. The molecule has 1 aromatic carbocycles. The molecular weight excluding hydrogens is 268 g/mol. The number of ether oxygens (including phenoxy) is 1. The molecule has 0 spiro atoms. The third kappa shape index (κ3) is 3.38. The van der Waals surface area contributed by atoms with Crippen LogP contribution in [0, 0.1) is 0 Å². The first-order valence-electron chi connectivity index (χ1n) is 5.50. The minimum atomic E-state index is -0.233. The first kappa shape index (κ1) is 13.2. The zero-order valence-corrected chi connectivity index (χ0v) is 11.0. The highest BCUT2D eigenvalue weighted by Crippen LogP contribution is 2.26. The van der Waals surface area contributed by atoms with E-state index in [-0.39, 0.29) is 12.5 Å². The van der Waals surface area contributed by atoms with Gasteiger partial charge in [0, 0.05) is 18.0 Å². The number of carbonyl (C=O) groups excluding carboxylic acids is 1. The number of nitrogens with two attached hydrogens (primary N) is 1. The number of rotatable bonds is 4. The van der Waals surface area contributed by atoms with Gasteiger partial charge in [0.2, 0.25) is 5.91 Å². The summed E-state index contributed by atoms with van der Waals surface area (Å²) < 4.78 is 6.59. The lowest BCUT2D eigenvalue weighted by Gasteiger charge is -2.10. The number of amides is 1. The van der Waals surface area contributed by atoms with Crippen molar-refractivity contribution in [2.45, 2.75) is 6.54 Å². The number of nitrogens with zero attached hydrogens (tertiary/aromatic N) is 2. The molecule has 1 aromatic heterocycles. The van der Waals surface area contributed by atoms with Crippen molar-refractivity contribution in [2.75, 3.05) is 18.2 Å². The van der Waals surface area contributed by atoms with Gasteiger partial charge in [-0.3, -0.25) is 9.48 Å². The van der Waals surface area contributed by atoms with E-state index >= 15 is 0 Å². The molecule has 0 unspecified atom stereocenters. The van der Waals surface area contributed by atoms with Gasteiger partial charge in [-0.1, -0.05) is 11.6 Å². The summed E-state index contributed by atoms with van der Waals surface area (Å²) >= 11 is 5.72. The molecule has 0 aliphatic carbocycles. The number of aromatic nitrogens is 2. The molecule has 7 heteroatoms. The Morgan fingerprint density at radius 1 is 1.58 bits per heavy atom. The lowest BCUT2D eigenvalue weighted by Crippen LogP contribution is -2.19. The highest BCUT2D eigenvalue weighted by molar-refractivity contribution is 6.30. The third-order valence-corrected chi connectivity index (χ3v) is 2.60. The molecule has 0 atom stereocenters.